The van der Waals surface area contributed by atoms with E-state index in [2.05, 4.69) is 10.2 Å². The summed E-state index contributed by atoms with van der Waals surface area (Å²) in [6, 6.07) is 15.5. The van der Waals surface area contributed by atoms with Gasteiger partial charge in [0.25, 0.3) is 5.91 Å². The molecule has 25 heavy (non-hydrogen) atoms. The molecule has 0 saturated carbocycles. The maximum absolute atomic E-state index is 12.4. The zero-order valence-corrected chi connectivity index (χ0v) is 15.7. The van der Waals surface area contributed by atoms with Crippen molar-refractivity contribution in [1.82, 2.24) is 5.32 Å². The Balaban J connectivity index is 1.84. The van der Waals surface area contributed by atoms with Crippen molar-refractivity contribution >= 4 is 23.2 Å². The molecule has 0 heterocycles. The summed E-state index contributed by atoms with van der Waals surface area (Å²) >= 11 is 6.02. The molecule has 0 bridgehead atoms. The van der Waals surface area contributed by atoms with E-state index in [-0.39, 0.29) is 5.91 Å². The first-order chi connectivity index (χ1) is 12.0. The Morgan fingerprint density at radius 1 is 1.24 bits per heavy atom. The Morgan fingerprint density at radius 3 is 2.60 bits per heavy atom. The minimum atomic E-state index is -0.511. The fourth-order valence-corrected chi connectivity index (χ4v) is 2.57. The summed E-state index contributed by atoms with van der Waals surface area (Å²) in [7, 11) is 2.01. The first-order valence-electron chi connectivity index (χ1n) is 8.48. The lowest BCUT2D eigenvalue weighted by molar-refractivity contribution is -0.128. The zero-order chi connectivity index (χ0) is 18.2. The molecular weight excluding hydrogens is 336 g/mol. The van der Waals surface area contributed by atoms with Crippen molar-refractivity contribution in [3.05, 3.63) is 59.1 Å². The van der Waals surface area contributed by atoms with Crippen molar-refractivity contribution in [3.63, 3.8) is 0 Å². The van der Waals surface area contributed by atoms with E-state index in [1.54, 1.807) is 12.1 Å². The van der Waals surface area contributed by atoms with Gasteiger partial charge in [0, 0.05) is 30.8 Å². The number of aryl methyl sites for hydroxylation is 1. The fraction of sp³-hybridized carbons (Fsp3) is 0.350. The summed E-state index contributed by atoms with van der Waals surface area (Å²) in [4.78, 5) is 14.5. The van der Waals surface area contributed by atoms with Crippen LogP contribution in [0.25, 0.3) is 0 Å². The first-order valence-corrected chi connectivity index (χ1v) is 8.85. The number of para-hydroxylation sites is 1. The number of nitrogens with zero attached hydrogens (tertiary/aromatic N) is 1. The minimum Gasteiger partial charge on any atom is -0.481 e. The number of rotatable bonds is 8. The molecule has 0 aromatic heterocycles. The number of halogens is 1. The molecule has 1 N–H and O–H groups in total. The van der Waals surface area contributed by atoms with Crippen LogP contribution in [0.1, 0.15) is 18.9 Å². The predicted molar refractivity (Wildman–Crippen MR) is 104 cm³/mol. The minimum absolute atomic E-state index is 0.100. The molecule has 2 aromatic carbocycles. The number of hydrogen-bond donors (Lipinski definition) is 1. The van der Waals surface area contributed by atoms with Crippen molar-refractivity contribution < 1.29 is 9.53 Å². The third-order valence-electron chi connectivity index (χ3n) is 4.01. The summed E-state index contributed by atoms with van der Waals surface area (Å²) in [5, 5.41) is 3.64. The Kier molecular flexibility index (Phi) is 7.14. The third kappa shape index (κ3) is 5.68. The van der Waals surface area contributed by atoms with Crippen LogP contribution in [0.15, 0.2) is 48.5 Å². The Hall–Kier alpha value is -2.20. The molecule has 1 amide bonds. The van der Waals surface area contributed by atoms with Crippen LogP contribution in [0.4, 0.5) is 5.69 Å². The number of carbonyl (C=O) groups excluding carboxylic acids is 1. The average molecular weight is 361 g/mol. The van der Waals surface area contributed by atoms with Gasteiger partial charge in [0.05, 0.1) is 0 Å². The molecule has 0 spiro atoms. The van der Waals surface area contributed by atoms with E-state index in [1.165, 1.54) is 0 Å². The average Bonchev–Trinajstić information content (AvgIpc) is 2.63. The quantitative estimate of drug-likeness (QED) is 0.771. The molecule has 1 atom stereocenters. The van der Waals surface area contributed by atoms with E-state index in [0.717, 1.165) is 17.8 Å². The molecule has 0 aliphatic heterocycles. The lowest BCUT2D eigenvalue weighted by Crippen LogP contribution is -2.41. The van der Waals surface area contributed by atoms with Gasteiger partial charge in [0.1, 0.15) is 5.75 Å². The van der Waals surface area contributed by atoms with Crippen LogP contribution >= 0.6 is 11.6 Å². The second-order valence-corrected chi connectivity index (χ2v) is 6.38. The van der Waals surface area contributed by atoms with Gasteiger partial charge < -0.3 is 15.0 Å². The topological polar surface area (TPSA) is 41.6 Å². The lowest BCUT2D eigenvalue weighted by atomic mass is 10.2. The van der Waals surface area contributed by atoms with Crippen LogP contribution in [0.2, 0.25) is 5.02 Å². The number of nitrogens with one attached hydrogen (secondary N) is 1. The third-order valence-corrected chi connectivity index (χ3v) is 4.44. The summed E-state index contributed by atoms with van der Waals surface area (Å²) in [6.07, 6.45) is 0.0878. The maximum Gasteiger partial charge on any atom is 0.261 e. The van der Waals surface area contributed by atoms with E-state index in [0.29, 0.717) is 23.7 Å². The molecule has 0 aliphatic rings. The van der Waals surface area contributed by atoms with Gasteiger partial charge >= 0.3 is 0 Å². The van der Waals surface area contributed by atoms with Gasteiger partial charge in [-0.25, -0.2) is 0 Å². The summed E-state index contributed by atoms with van der Waals surface area (Å²) in [6.45, 7) is 5.13. The highest BCUT2D eigenvalue weighted by Gasteiger charge is 2.18. The Bertz CT molecular complexity index is 691. The van der Waals surface area contributed by atoms with E-state index in [4.69, 9.17) is 16.3 Å². The van der Waals surface area contributed by atoms with Crippen LogP contribution in [0.3, 0.4) is 0 Å². The molecule has 1 unspecified atom stereocenters. The van der Waals surface area contributed by atoms with Gasteiger partial charge in [-0.2, -0.15) is 0 Å². The van der Waals surface area contributed by atoms with E-state index >= 15 is 0 Å². The molecular formula is C20H25ClN2O2. The molecule has 5 heteroatoms. The van der Waals surface area contributed by atoms with Gasteiger partial charge in [-0.1, -0.05) is 36.7 Å². The molecule has 4 nitrogen and oxygen atoms in total. The standard InChI is InChI=1S/C20H25ClN2O2/c1-4-19(25-17-10-11-18(21)15(2)14-17)20(24)22-12-13-23(3)16-8-6-5-7-9-16/h5-11,14,19H,4,12-13H2,1-3H3,(H,22,24). The van der Waals surface area contributed by atoms with Crippen molar-refractivity contribution in [2.24, 2.45) is 0 Å². The van der Waals surface area contributed by atoms with Crippen molar-refractivity contribution in [3.8, 4) is 5.75 Å². The predicted octanol–water partition coefficient (Wildman–Crippen LogP) is 4.06. The molecule has 0 fully saturated rings. The van der Waals surface area contributed by atoms with Gasteiger partial charge in [0.15, 0.2) is 6.10 Å². The number of hydrogen-bond acceptors (Lipinski definition) is 3. The summed E-state index contributed by atoms with van der Waals surface area (Å²) in [5.74, 6) is 0.557. The van der Waals surface area contributed by atoms with Crippen LogP contribution < -0.4 is 15.0 Å². The molecule has 0 radical (unpaired) electrons. The highest BCUT2D eigenvalue weighted by Crippen LogP contribution is 2.22. The Labute approximate surface area is 154 Å². The van der Waals surface area contributed by atoms with Gasteiger partial charge in [-0.05, 0) is 49.2 Å². The van der Waals surface area contributed by atoms with Crippen LogP contribution in [0, 0.1) is 6.92 Å². The highest BCUT2D eigenvalue weighted by molar-refractivity contribution is 6.31. The van der Waals surface area contributed by atoms with Gasteiger partial charge in [-0.3, -0.25) is 4.79 Å². The van der Waals surface area contributed by atoms with Crippen molar-refractivity contribution in [1.29, 1.82) is 0 Å². The lowest BCUT2D eigenvalue weighted by Gasteiger charge is -2.21. The second kappa shape index (κ2) is 9.33. The second-order valence-electron chi connectivity index (χ2n) is 5.97. The molecule has 2 aromatic rings. The number of likely N-dealkylation sites (N-methyl/N-ethyl adjacent to an activating group) is 1. The first kappa shape index (κ1) is 19.1. The number of ether oxygens (including phenoxy) is 1. The van der Waals surface area contributed by atoms with Gasteiger partial charge in [-0.15, -0.1) is 0 Å². The van der Waals surface area contributed by atoms with E-state index in [9.17, 15) is 4.79 Å². The van der Waals surface area contributed by atoms with Crippen LogP contribution in [0.5, 0.6) is 5.75 Å². The number of benzene rings is 2. The maximum atomic E-state index is 12.4. The van der Waals surface area contributed by atoms with E-state index in [1.807, 2.05) is 57.3 Å². The number of amides is 1. The van der Waals surface area contributed by atoms with E-state index < -0.39 is 6.10 Å². The number of anilines is 1. The summed E-state index contributed by atoms with van der Waals surface area (Å²) in [5.41, 5.74) is 2.05. The molecule has 0 aliphatic carbocycles. The molecule has 0 saturated heterocycles. The highest BCUT2D eigenvalue weighted by atomic mass is 35.5. The molecule has 2 rings (SSSR count). The SMILES string of the molecule is CCC(Oc1ccc(Cl)c(C)c1)C(=O)NCCN(C)c1ccccc1. The smallest absolute Gasteiger partial charge is 0.261 e. The largest absolute Gasteiger partial charge is 0.481 e. The molecule has 134 valence electrons. The van der Waals surface area contributed by atoms with Crippen molar-refractivity contribution in [2.75, 3.05) is 25.0 Å². The summed E-state index contributed by atoms with van der Waals surface area (Å²) < 4.78 is 5.82. The van der Waals surface area contributed by atoms with Crippen LogP contribution in [-0.2, 0) is 4.79 Å². The fourth-order valence-electron chi connectivity index (χ4n) is 2.45. The Morgan fingerprint density at radius 2 is 1.96 bits per heavy atom. The number of carbonyl (C=O) groups is 1. The van der Waals surface area contributed by atoms with Crippen LogP contribution in [-0.4, -0.2) is 32.1 Å². The van der Waals surface area contributed by atoms with Gasteiger partial charge in [0.2, 0.25) is 0 Å². The monoisotopic (exact) mass is 360 g/mol. The normalized spacial score (nSPS) is 11.7. The zero-order valence-electron chi connectivity index (χ0n) is 15.0. The van der Waals surface area contributed by atoms with Crippen molar-refractivity contribution in [2.45, 2.75) is 26.4 Å².